The van der Waals surface area contributed by atoms with Crippen molar-refractivity contribution in [1.29, 1.82) is 0 Å². The summed E-state index contributed by atoms with van der Waals surface area (Å²) in [6, 6.07) is 5.33. The van der Waals surface area contributed by atoms with E-state index in [2.05, 4.69) is 43.5 Å². The quantitative estimate of drug-likeness (QED) is 0.461. The van der Waals surface area contributed by atoms with E-state index < -0.39 is 0 Å². The topological polar surface area (TPSA) is 24.1 Å². The van der Waals surface area contributed by atoms with E-state index in [4.69, 9.17) is 12.2 Å². The van der Waals surface area contributed by atoms with Gasteiger partial charge in [0.25, 0.3) is 0 Å². The molecular formula is C21H34N2S. The fourth-order valence-corrected chi connectivity index (χ4v) is 3.96. The van der Waals surface area contributed by atoms with Crippen molar-refractivity contribution >= 4 is 23.0 Å². The van der Waals surface area contributed by atoms with Crippen molar-refractivity contribution in [3.05, 3.63) is 28.8 Å². The number of benzene rings is 1. The second kappa shape index (κ2) is 10.0. The van der Waals surface area contributed by atoms with Crippen LogP contribution in [0, 0.1) is 0 Å². The summed E-state index contributed by atoms with van der Waals surface area (Å²) in [4.78, 5) is 0. The number of unbranched alkanes of at least 4 members (excludes halogenated alkanes) is 2. The van der Waals surface area contributed by atoms with Crippen molar-refractivity contribution in [2.24, 2.45) is 0 Å². The first-order valence-electron chi connectivity index (χ1n) is 9.90. The molecule has 0 atom stereocenters. The summed E-state index contributed by atoms with van der Waals surface area (Å²) < 4.78 is 0. The third-order valence-electron chi connectivity index (χ3n) is 5.12. The summed E-state index contributed by atoms with van der Waals surface area (Å²) in [7, 11) is 0. The fraction of sp³-hybridized carbons (Fsp3) is 0.667. The van der Waals surface area contributed by atoms with E-state index >= 15 is 0 Å². The summed E-state index contributed by atoms with van der Waals surface area (Å²) in [5.41, 5.74) is 5.53. The average Bonchev–Trinajstić information content (AvgIpc) is 3.08. The zero-order valence-electron chi connectivity index (χ0n) is 15.7. The third kappa shape index (κ3) is 5.47. The van der Waals surface area contributed by atoms with E-state index in [1.807, 2.05) is 0 Å². The SMILES string of the molecule is CCCCCc1cc(CC)c(NC(=S)NC2CCCC2)c(CC)c1. The highest BCUT2D eigenvalue weighted by molar-refractivity contribution is 7.80. The molecule has 0 saturated heterocycles. The van der Waals surface area contributed by atoms with Gasteiger partial charge >= 0.3 is 0 Å². The Morgan fingerprint density at radius 2 is 1.67 bits per heavy atom. The van der Waals surface area contributed by atoms with Gasteiger partial charge in [0.05, 0.1) is 0 Å². The Hall–Kier alpha value is -1.09. The molecule has 1 aromatic rings. The van der Waals surface area contributed by atoms with E-state index in [9.17, 15) is 0 Å². The molecule has 1 aromatic carbocycles. The van der Waals surface area contributed by atoms with E-state index in [1.165, 1.54) is 73.7 Å². The van der Waals surface area contributed by atoms with Crippen molar-refractivity contribution in [1.82, 2.24) is 5.32 Å². The van der Waals surface area contributed by atoms with Gasteiger partial charge in [-0.15, -0.1) is 0 Å². The van der Waals surface area contributed by atoms with Crippen LogP contribution >= 0.6 is 12.2 Å². The Kier molecular flexibility index (Phi) is 8.04. The second-order valence-corrected chi connectivity index (χ2v) is 7.44. The molecule has 0 aromatic heterocycles. The van der Waals surface area contributed by atoms with Crippen molar-refractivity contribution in [3.8, 4) is 0 Å². The van der Waals surface area contributed by atoms with Gasteiger partial charge in [-0.2, -0.15) is 0 Å². The standard InChI is InChI=1S/C21H34N2S/c1-4-7-8-11-16-14-17(5-2)20(18(6-3)15-16)23-21(24)22-19-12-9-10-13-19/h14-15,19H,4-13H2,1-3H3,(H2,22,23,24). The highest BCUT2D eigenvalue weighted by atomic mass is 32.1. The fourth-order valence-electron chi connectivity index (χ4n) is 3.69. The van der Waals surface area contributed by atoms with E-state index in [0.717, 1.165) is 18.0 Å². The lowest BCUT2D eigenvalue weighted by Crippen LogP contribution is -2.36. The van der Waals surface area contributed by atoms with Gasteiger partial charge in [-0.25, -0.2) is 0 Å². The molecule has 134 valence electrons. The number of anilines is 1. The van der Waals surface area contributed by atoms with Crippen LogP contribution in [0.5, 0.6) is 0 Å². The average molecular weight is 347 g/mol. The number of nitrogens with one attached hydrogen (secondary N) is 2. The van der Waals surface area contributed by atoms with E-state index in [-0.39, 0.29) is 0 Å². The molecule has 2 N–H and O–H groups in total. The Morgan fingerprint density at radius 1 is 1.04 bits per heavy atom. The number of aryl methyl sites for hydroxylation is 3. The third-order valence-corrected chi connectivity index (χ3v) is 5.34. The molecule has 0 amide bonds. The maximum absolute atomic E-state index is 5.58. The van der Waals surface area contributed by atoms with Crippen molar-refractivity contribution < 1.29 is 0 Å². The van der Waals surface area contributed by atoms with Crippen LogP contribution in [-0.4, -0.2) is 11.2 Å². The van der Waals surface area contributed by atoms with Crippen LogP contribution in [0.25, 0.3) is 0 Å². The van der Waals surface area contributed by atoms with Crippen molar-refractivity contribution in [2.75, 3.05) is 5.32 Å². The summed E-state index contributed by atoms with van der Waals surface area (Å²) in [6.07, 6.45) is 12.3. The molecule has 0 bridgehead atoms. The Balaban J connectivity index is 2.09. The molecular weight excluding hydrogens is 312 g/mol. The second-order valence-electron chi connectivity index (χ2n) is 7.03. The molecule has 3 heteroatoms. The summed E-state index contributed by atoms with van der Waals surface area (Å²) in [5, 5.41) is 7.83. The number of hydrogen-bond donors (Lipinski definition) is 2. The Bertz CT molecular complexity index is 508. The predicted octanol–water partition coefficient (Wildman–Crippen LogP) is 5.77. The molecule has 1 fully saturated rings. The lowest BCUT2D eigenvalue weighted by atomic mass is 9.96. The Labute approximate surface area is 153 Å². The van der Waals surface area contributed by atoms with Crippen LogP contribution < -0.4 is 10.6 Å². The molecule has 24 heavy (non-hydrogen) atoms. The maximum atomic E-state index is 5.58. The first-order chi connectivity index (χ1) is 11.7. The van der Waals surface area contributed by atoms with Crippen molar-refractivity contribution in [3.63, 3.8) is 0 Å². The molecule has 2 rings (SSSR count). The van der Waals surface area contributed by atoms with E-state index in [0.29, 0.717) is 6.04 Å². The molecule has 1 aliphatic carbocycles. The number of thiocarbonyl (C=S) groups is 1. The number of rotatable bonds is 8. The summed E-state index contributed by atoms with van der Waals surface area (Å²) in [5.74, 6) is 0. The summed E-state index contributed by atoms with van der Waals surface area (Å²) >= 11 is 5.58. The summed E-state index contributed by atoms with van der Waals surface area (Å²) in [6.45, 7) is 6.74. The van der Waals surface area contributed by atoms with Gasteiger partial charge in [0.2, 0.25) is 0 Å². The monoisotopic (exact) mass is 346 g/mol. The van der Waals surface area contributed by atoms with Crippen LogP contribution in [0.1, 0.15) is 82.4 Å². The van der Waals surface area contributed by atoms with Gasteiger partial charge in [0, 0.05) is 11.7 Å². The van der Waals surface area contributed by atoms with Crippen LogP contribution in [0.2, 0.25) is 0 Å². The Morgan fingerprint density at radius 3 is 2.21 bits per heavy atom. The minimum atomic E-state index is 0.563. The molecule has 0 unspecified atom stereocenters. The molecule has 2 nitrogen and oxygen atoms in total. The molecule has 0 radical (unpaired) electrons. The smallest absolute Gasteiger partial charge is 0.171 e. The van der Waals surface area contributed by atoms with Crippen LogP contribution in [-0.2, 0) is 19.3 Å². The molecule has 1 saturated carbocycles. The zero-order chi connectivity index (χ0) is 17.4. The maximum Gasteiger partial charge on any atom is 0.171 e. The first-order valence-corrected chi connectivity index (χ1v) is 10.3. The normalized spacial score (nSPS) is 14.8. The van der Waals surface area contributed by atoms with Gasteiger partial charge < -0.3 is 10.6 Å². The highest BCUT2D eigenvalue weighted by Crippen LogP contribution is 2.26. The number of hydrogen-bond acceptors (Lipinski definition) is 1. The minimum Gasteiger partial charge on any atom is -0.360 e. The first kappa shape index (κ1) is 19.2. The van der Waals surface area contributed by atoms with Crippen LogP contribution in [0.3, 0.4) is 0 Å². The molecule has 0 heterocycles. The van der Waals surface area contributed by atoms with Gasteiger partial charge in [0.15, 0.2) is 5.11 Å². The largest absolute Gasteiger partial charge is 0.360 e. The van der Waals surface area contributed by atoms with Gasteiger partial charge in [-0.3, -0.25) is 0 Å². The van der Waals surface area contributed by atoms with E-state index in [1.54, 1.807) is 0 Å². The van der Waals surface area contributed by atoms with Gasteiger partial charge in [0.1, 0.15) is 0 Å². The van der Waals surface area contributed by atoms with Gasteiger partial charge in [-0.05, 0) is 67.4 Å². The highest BCUT2D eigenvalue weighted by Gasteiger charge is 2.17. The van der Waals surface area contributed by atoms with Crippen LogP contribution in [0.4, 0.5) is 5.69 Å². The van der Waals surface area contributed by atoms with Crippen molar-refractivity contribution in [2.45, 2.75) is 91.0 Å². The lowest BCUT2D eigenvalue weighted by Gasteiger charge is -2.21. The molecule has 0 aliphatic heterocycles. The lowest BCUT2D eigenvalue weighted by molar-refractivity contribution is 0.634. The molecule has 0 spiro atoms. The molecule has 1 aliphatic rings. The van der Waals surface area contributed by atoms with Gasteiger partial charge in [-0.1, -0.05) is 58.6 Å². The minimum absolute atomic E-state index is 0.563. The predicted molar refractivity (Wildman–Crippen MR) is 110 cm³/mol. The zero-order valence-corrected chi connectivity index (χ0v) is 16.5. The van der Waals surface area contributed by atoms with Crippen LogP contribution in [0.15, 0.2) is 12.1 Å².